The van der Waals surface area contributed by atoms with E-state index in [0.29, 0.717) is 23.5 Å². The highest BCUT2D eigenvalue weighted by Gasteiger charge is 2.36. The first kappa shape index (κ1) is 25.3. The maximum Gasteiger partial charge on any atom is 0.280 e. The maximum absolute atomic E-state index is 13.3. The summed E-state index contributed by atoms with van der Waals surface area (Å²) in [7, 11) is -1.17. The summed E-state index contributed by atoms with van der Waals surface area (Å²) in [6, 6.07) is 6.37. The Balaban J connectivity index is 1.29. The number of aromatic nitrogens is 1. The number of carbonyl (C=O) groups excluding carboxylic acids is 1. The first-order valence-electron chi connectivity index (χ1n) is 12.6. The van der Waals surface area contributed by atoms with Gasteiger partial charge < -0.3 is 9.74 Å². The molecule has 3 fully saturated rings. The van der Waals surface area contributed by atoms with Crippen molar-refractivity contribution < 1.29 is 18.0 Å². The number of nitrogens with zero attached hydrogens (tertiary/aromatic N) is 4. The third-order valence-electron chi connectivity index (χ3n) is 6.98. The predicted octanol–water partition coefficient (Wildman–Crippen LogP) is 3.13. The van der Waals surface area contributed by atoms with E-state index in [1.807, 2.05) is 6.20 Å². The molecule has 0 bridgehead atoms. The highest BCUT2D eigenvalue weighted by atomic mass is 32.2. The number of sulfone groups is 1. The lowest BCUT2D eigenvalue weighted by atomic mass is 10.1. The van der Waals surface area contributed by atoms with Crippen LogP contribution in [-0.2, 0) is 26.0 Å². The maximum atomic E-state index is 13.3. The van der Waals surface area contributed by atoms with E-state index in [4.69, 9.17) is 4.84 Å². The van der Waals surface area contributed by atoms with E-state index < -0.39 is 15.7 Å². The third-order valence-corrected chi connectivity index (χ3v) is 10.2. The first-order valence-corrected chi connectivity index (χ1v) is 15.0. The van der Waals surface area contributed by atoms with Crippen LogP contribution in [0.25, 0.3) is 0 Å². The van der Waals surface area contributed by atoms with Crippen molar-refractivity contribution in [1.29, 1.82) is 0 Å². The zero-order valence-corrected chi connectivity index (χ0v) is 22.2. The molecular formula is C25H33N5O4S2. The molecule has 2 aromatic rings. The van der Waals surface area contributed by atoms with Crippen LogP contribution in [0.15, 0.2) is 40.5 Å². The molecule has 1 aliphatic heterocycles. The number of thiazole rings is 1. The number of likely N-dealkylation sites (N-methyl/N-ethyl adjacent to an activating group) is 1. The van der Waals surface area contributed by atoms with Crippen molar-refractivity contribution in [3.8, 4) is 0 Å². The van der Waals surface area contributed by atoms with E-state index >= 15 is 0 Å². The molecule has 0 spiro atoms. The summed E-state index contributed by atoms with van der Waals surface area (Å²) < 4.78 is 25.1. The predicted molar refractivity (Wildman–Crippen MR) is 140 cm³/mol. The van der Waals surface area contributed by atoms with E-state index in [2.05, 4.69) is 32.3 Å². The van der Waals surface area contributed by atoms with Gasteiger partial charge in [0.2, 0.25) is 0 Å². The monoisotopic (exact) mass is 531 g/mol. The van der Waals surface area contributed by atoms with E-state index in [9.17, 15) is 13.2 Å². The summed E-state index contributed by atoms with van der Waals surface area (Å²) in [5.41, 5.74) is 0.627. The quantitative estimate of drug-likeness (QED) is 0.392. The molecular weight excluding hydrogens is 498 g/mol. The van der Waals surface area contributed by atoms with Crippen LogP contribution < -0.4 is 5.32 Å². The highest BCUT2D eigenvalue weighted by Crippen LogP contribution is 2.33. The van der Waals surface area contributed by atoms with Crippen molar-refractivity contribution in [1.82, 2.24) is 14.8 Å². The SMILES string of the molecule is CN1CCN(Cc2cnc(NC(=O)C(=NOC3CCCC3)c3ccc(S(=O)(=O)C4CC4)cc3)s2)CC1. The molecule has 2 saturated carbocycles. The normalized spacial score (nSPS) is 20.5. The van der Waals surface area contributed by atoms with Gasteiger partial charge in [0.05, 0.1) is 10.1 Å². The number of amides is 1. The average molecular weight is 532 g/mol. The van der Waals surface area contributed by atoms with Crippen molar-refractivity contribution in [2.75, 3.05) is 38.5 Å². The van der Waals surface area contributed by atoms with Gasteiger partial charge in [-0.3, -0.25) is 15.0 Å². The van der Waals surface area contributed by atoms with Crippen LogP contribution in [0.4, 0.5) is 5.13 Å². The zero-order valence-electron chi connectivity index (χ0n) is 20.6. The Morgan fingerprint density at radius 2 is 1.81 bits per heavy atom. The van der Waals surface area contributed by atoms with Crippen molar-refractivity contribution >= 4 is 37.9 Å². The van der Waals surface area contributed by atoms with E-state index in [1.165, 1.54) is 11.3 Å². The van der Waals surface area contributed by atoms with Gasteiger partial charge in [-0.2, -0.15) is 0 Å². The number of rotatable bonds is 9. The number of benzene rings is 1. The average Bonchev–Trinajstić information content (AvgIpc) is 3.46. The van der Waals surface area contributed by atoms with Crippen LogP contribution in [0.1, 0.15) is 49.0 Å². The Bertz CT molecular complexity index is 1190. The van der Waals surface area contributed by atoms with Crippen molar-refractivity contribution in [3.63, 3.8) is 0 Å². The van der Waals surface area contributed by atoms with E-state index in [1.54, 1.807) is 24.3 Å². The van der Waals surface area contributed by atoms with E-state index in [-0.39, 0.29) is 22.0 Å². The van der Waals surface area contributed by atoms with Crippen LogP contribution in [0.2, 0.25) is 0 Å². The smallest absolute Gasteiger partial charge is 0.280 e. The molecule has 1 amide bonds. The van der Waals surface area contributed by atoms with Gasteiger partial charge in [-0.1, -0.05) is 17.3 Å². The van der Waals surface area contributed by atoms with Gasteiger partial charge in [0.25, 0.3) is 5.91 Å². The second-order valence-electron chi connectivity index (χ2n) is 9.89. The summed E-state index contributed by atoms with van der Waals surface area (Å²) in [6.45, 7) is 4.92. The molecule has 36 heavy (non-hydrogen) atoms. The van der Waals surface area contributed by atoms with Crippen LogP contribution >= 0.6 is 11.3 Å². The number of carbonyl (C=O) groups is 1. The third kappa shape index (κ3) is 6.13. The Labute approximate surface area is 216 Å². The Kier molecular flexibility index (Phi) is 7.71. The fraction of sp³-hybridized carbons (Fsp3) is 0.560. The zero-order chi connectivity index (χ0) is 25.1. The van der Waals surface area contributed by atoms with Gasteiger partial charge in [0, 0.05) is 49.4 Å². The minimum absolute atomic E-state index is 0.00243. The Morgan fingerprint density at radius 3 is 2.47 bits per heavy atom. The van der Waals surface area contributed by atoms with Gasteiger partial charge in [-0.05, 0) is 57.7 Å². The number of oxime groups is 1. The molecule has 2 heterocycles. The molecule has 0 atom stereocenters. The fourth-order valence-electron chi connectivity index (χ4n) is 4.54. The molecule has 1 aromatic carbocycles. The van der Waals surface area contributed by atoms with Crippen LogP contribution in [-0.4, -0.2) is 79.4 Å². The number of piperazine rings is 1. The second-order valence-corrected chi connectivity index (χ2v) is 13.2. The van der Waals surface area contributed by atoms with Crippen LogP contribution in [0, 0.1) is 0 Å². The lowest BCUT2D eigenvalue weighted by Gasteiger charge is -2.31. The van der Waals surface area contributed by atoms with Crippen molar-refractivity contribution in [2.24, 2.45) is 5.16 Å². The molecule has 9 nitrogen and oxygen atoms in total. The summed E-state index contributed by atoms with van der Waals surface area (Å²) in [5, 5.41) is 7.33. The topological polar surface area (TPSA) is 104 Å². The first-order chi connectivity index (χ1) is 17.4. The lowest BCUT2D eigenvalue weighted by molar-refractivity contribution is -0.110. The standard InChI is InChI=1S/C25H33N5O4S2/c1-29-12-14-30(15-13-29)17-20-16-26-25(35-20)27-24(31)23(28-34-19-4-2-3-5-19)18-6-8-21(9-7-18)36(32,33)22-10-11-22/h6-9,16,19,22H,2-5,10-15,17H2,1H3,(H,26,27,31). The summed E-state index contributed by atoms with van der Waals surface area (Å²) >= 11 is 1.45. The molecule has 5 rings (SSSR count). The van der Waals surface area contributed by atoms with Gasteiger partial charge in [0.1, 0.15) is 6.10 Å². The van der Waals surface area contributed by atoms with Gasteiger partial charge in [-0.25, -0.2) is 13.4 Å². The lowest BCUT2D eigenvalue weighted by Crippen LogP contribution is -2.43. The van der Waals surface area contributed by atoms with Gasteiger partial charge >= 0.3 is 0 Å². The molecule has 0 unspecified atom stereocenters. The number of hydrogen-bond donors (Lipinski definition) is 1. The number of anilines is 1. The number of nitrogens with one attached hydrogen (secondary N) is 1. The highest BCUT2D eigenvalue weighted by molar-refractivity contribution is 7.92. The summed E-state index contributed by atoms with van der Waals surface area (Å²) in [5.74, 6) is -0.425. The van der Waals surface area contributed by atoms with E-state index in [0.717, 1.165) is 63.3 Å². The van der Waals surface area contributed by atoms with Gasteiger partial charge in [-0.15, -0.1) is 11.3 Å². The molecule has 1 N–H and O–H groups in total. The molecule has 1 saturated heterocycles. The van der Waals surface area contributed by atoms with Gasteiger partial charge in [0.15, 0.2) is 20.7 Å². The molecule has 0 radical (unpaired) electrons. The molecule has 2 aliphatic carbocycles. The minimum Gasteiger partial charge on any atom is -0.392 e. The largest absolute Gasteiger partial charge is 0.392 e. The molecule has 3 aliphatic rings. The number of hydrogen-bond acceptors (Lipinski definition) is 9. The molecule has 194 valence electrons. The molecule has 11 heteroatoms. The minimum atomic E-state index is -3.30. The Hall–Kier alpha value is -2.34. The van der Waals surface area contributed by atoms with Crippen LogP contribution in [0.3, 0.4) is 0 Å². The van der Waals surface area contributed by atoms with Crippen LogP contribution in [0.5, 0.6) is 0 Å². The summed E-state index contributed by atoms with van der Waals surface area (Å²) in [4.78, 5) is 29.4. The van der Waals surface area contributed by atoms with Crippen molar-refractivity contribution in [3.05, 3.63) is 40.9 Å². The summed E-state index contributed by atoms with van der Waals surface area (Å²) in [6.07, 6.45) is 7.23. The Morgan fingerprint density at radius 1 is 1.11 bits per heavy atom. The van der Waals surface area contributed by atoms with Crippen molar-refractivity contribution in [2.45, 2.75) is 61.3 Å². The fourth-order valence-corrected chi connectivity index (χ4v) is 7.05. The second kappa shape index (κ2) is 11.0. The molecule has 1 aromatic heterocycles.